The van der Waals surface area contributed by atoms with Crippen LogP contribution in [0.4, 0.5) is 0 Å². The first-order valence-corrected chi connectivity index (χ1v) is 11.0. The van der Waals surface area contributed by atoms with Crippen molar-refractivity contribution < 1.29 is 33.3 Å². The normalized spacial score (nSPS) is 10.8. The minimum atomic E-state index is -0.637. The first-order valence-electron chi connectivity index (χ1n) is 10.1. The second-order valence-corrected chi connectivity index (χ2v) is 7.78. The second-order valence-electron chi connectivity index (χ2n) is 6.67. The number of rotatable bonds is 10. The van der Waals surface area contributed by atoms with Gasteiger partial charge in [0.15, 0.2) is 5.78 Å². The molecule has 0 atom stereocenters. The number of Topliss-reactive ketones (excluding diaryl/α,β-unsaturated/α-hetero) is 1. The largest absolute Gasteiger partial charge is 0.497 e. The molecule has 9 heteroatoms. The van der Waals surface area contributed by atoms with Gasteiger partial charge >= 0.3 is 11.9 Å². The van der Waals surface area contributed by atoms with Gasteiger partial charge in [0.25, 0.3) is 0 Å². The molecule has 0 aliphatic heterocycles. The summed E-state index contributed by atoms with van der Waals surface area (Å²) >= 11 is 0.987. The van der Waals surface area contributed by atoms with Crippen molar-refractivity contribution in [3.8, 4) is 17.6 Å². The third kappa shape index (κ3) is 5.99. The highest BCUT2D eigenvalue weighted by molar-refractivity contribution is 7.14. The minimum Gasteiger partial charge on any atom is -0.497 e. The van der Waals surface area contributed by atoms with E-state index in [1.165, 1.54) is 20.3 Å². The van der Waals surface area contributed by atoms with Crippen molar-refractivity contribution >= 4 is 35.1 Å². The highest BCUT2D eigenvalue weighted by atomic mass is 32.1. The number of nitrogens with zero attached hydrogens (tertiary/aromatic N) is 1. The number of benzene rings is 1. The molecule has 0 aliphatic carbocycles. The molecular weight excluding hydrogens is 446 g/mol. The molecule has 0 unspecified atom stereocenters. The van der Waals surface area contributed by atoms with Crippen LogP contribution in [-0.2, 0) is 20.7 Å². The zero-order chi connectivity index (χ0) is 24.5. The van der Waals surface area contributed by atoms with Gasteiger partial charge in [-0.05, 0) is 50.6 Å². The van der Waals surface area contributed by atoms with Crippen LogP contribution in [0.25, 0.3) is 6.08 Å². The highest BCUT2D eigenvalue weighted by Crippen LogP contribution is 2.32. The fourth-order valence-electron chi connectivity index (χ4n) is 3.08. The average molecular weight is 472 g/mol. The quantitative estimate of drug-likeness (QED) is 0.289. The lowest BCUT2D eigenvalue weighted by Gasteiger charge is -2.08. The Balaban J connectivity index is 2.48. The molecule has 1 aromatic heterocycles. The molecule has 2 aromatic rings. The summed E-state index contributed by atoms with van der Waals surface area (Å²) in [6, 6.07) is 6.91. The number of carbonyl (C=O) groups excluding carboxylic acids is 3. The van der Waals surface area contributed by atoms with Crippen molar-refractivity contribution in [3.05, 3.63) is 50.2 Å². The molecule has 8 nitrogen and oxygen atoms in total. The van der Waals surface area contributed by atoms with E-state index in [2.05, 4.69) is 0 Å². The van der Waals surface area contributed by atoms with Crippen LogP contribution in [0.2, 0.25) is 0 Å². The molecular formula is C24H25NO7S. The Hall–Kier alpha value is -3.64. The topological polar surface area (TPSA) is 112 Å². The van der Waals surface area contributed by atoms with Crippen LogP contribution in [0.3, 0.4) is 0 Å². The van der Waals surface area contributed by atoms with Gasteiger partial charge in [0, 0.05) is 16.9 Å². The molecule has 0 amide bonds. The third-order valence-electron chi connectivity index (χ3n) is 4.64. The predicted molar refractivity (Wildman–Crippen MR) is 123 cm³/mol. The monoisotopic (exact) mass is 471 g/mol. The zero-order valence-corrected chi connectivity index (χ0v) is 20.0. The summed E-state index contributed by atoms with van der Waals surface area (Å²) in [6.45, 7) is 5.24. The van der Waals surface area contributed by atoms with Gasteiger partial charge in [0.2, 0.25) is 0 Å². The van der Waals surface area contributed by atoms with Gasteiger partial charge in [-0.15, -0.1) is 11.3 Å². The second kappa shape index (κ2) is 11.8. The van der Waals surface area contributed by atoms with E-state index in [-0.39, 0.29) is 35.6 Å². The highest BCUT2D eigenvalue weighted by Gasteiger charge is 2.28. The third-order valence-corrected chi connectivity index (χ3v) is 5.91. The van der Waals surface area contributed by atoms with Gasteiger partial charge in [-0.25, -0.2) is 9.59 Å². The van der Waals surface area contributed by atoms with E-state index in [0.29, 0.717) is 27.5 Å². The van der Waals surface area contributed by atoms with Crippen LogP contribution in [0, 0.1) is 18.3 Å². The Labute approximate surface area is 196 Å². The molecule has 0 N–H and O–H groups in total. The first-order chi connectivity index (χ1) is 15.8. The molecule has 0 saturated carbocycles. The SMILES string of the molecule is CCOC(=O)c1sc(CC(=O)/C(C#N)=C/c2cc(OC)ccc2OC)c(C(=O)OCC)c1C. The van der Waals surface area contributed by atoms with Gasteiger partial charge < -0.3 is 18.9 Å². The molecule has 0 aliphatic rings. The van der Waals surface area contributed by atoms with Crippen LogP contribution < -0.4 is 9.47 Å². The van der Waals surface area contributed by atoms with Crippen molar-refractivity contribution in [2.24, 2.45) is 0 Å². The summed E-state index contributed by atoms with van der Waals surface area (Å²) in [5.41, 5.74) is 0.883. The van der Waals surface area contributed by atoms with Crippen LogP contribution in [0.5, 0.6) is 11.5 Å². The first kappa shape index (κ1) is 25.6. The van der Waals surface area contributed by atoms with Crippen molar-refractivity contribution in [1.82, 2.24) is 0 Å². The van der Waals surface area contributed by atoms with Crippen LogP contribution in [0.15, 0.2) is 23.8 Å². The number of allylic oxidation sites excluding steroid dienone is 1. The van der Waals surface area contributed by atoms with E-state index in [1.54, 1.807) is 39.0 Å². The van der Waals surface area contributed by atoms with Crippen LogP contribution in [0.1, 0.15) is 49.9 Å². The Morgan fingerprint density at radius 2 is 1.73 bits per heavy atom. The maximum absolute atomic E-state index is 13.0. The van der Waals surface area contributed by atoms with E-state index >= 15 is 0 Å². The predicted octanol–water partition coefficient (Wildman–Crippen LogP) is 4.15. The minimum absolute atomic E-state index is 0.134. The standard InChI is InChI=1S/C24H25NO7S/c1-6-31-23(27)21-14(3)22(24(28)32-7-2)33-20(21)12-18(26)16(13-25)10-15-11-17(29-4)8-9-19(15)30-5/h8-11H,6-7,12H2,1-5H3/b16-10+. The lowest BCUT2D eigenvalue weighted by Crippen LogP contribution is -2.12. The van der Waals surface area contributed by atoms with Gasteiger partial charge in [-0.2, -0.15) is 5.26 Å². The zero-order valence-electron chi connectivity index (χ0n) is 19.1. The summed E-state index contributed by atoms with van der Waals surface area (Å²) in [4.78, 5) is 38.5. The maximum atomic E-state index is 13.0. The molecule has 0 saturated heterocycles. The lowest BCUT2D eigenvalue weighted by molar-refractivity contribution is -0.114. The Kier molecular flexibility index (Phi) is 9.18. The van der Waals surface area contributed by atoms with Crippen molar-refractivity contribution in [3.63, 3.8) is 0 Å². The Morgan fingerprint density at radius 1 is 1.06 bits per heavy atom. The number of esters is 2. The van der Waals surface area contributed by atoms with Crippen molar-refractivity contribution in [1.29, 1.82) is 5.26 Å². The number of thiophene rings is 1. The summed E-state index contributed by atoms with van der Waals surface area (Å²) in [5, 5.41) is 9.63. The average Bonchev–Trinajstić information content (AvgIpc) is 3.13. The number of ether oxygens (including phenoxy) is 4. The van der Waals surface area contributed by atoms with Gasteiger partial charge in [-0.3, -0.25) is 4.79 Å². The summed E-state index contributed by atoms with van der Waals surface area (Å²) in [5.74, 6) is -0.753. The Morgan fingerprint density at radius 3 is 2.30 bits per heavy atom. The number of nitriles is 1. The smallest absolute Gasteiger partial charge is 0.348 e. The molecule has 33 heavy (non-hydrogen) atoms. The van der Waals surface area contributed by atoms with E-state index in [9.17, 15) is 19.6 Å². The molecule has 2 rings (SSSR count). The Bertz CT molecular complexity index is 1120. The molecule has 0 radical (unpaired) electrons. The van der Waals surface area contributed by atoms with E-state index < -0.39 is 17.7 Å². The number of carbonyl (C=O) groups is 3. The van der Waals surface area contributed by atoms with E-state index in [0.717, 1.165) is 11.3 Å². The lowest BCUT2D eigenvalue weighted by atomic mass is 10.0. The van der Waals surface area contributed by atoms with Gasteiger partial charge in [0.1, 0.15) is 22.4 Å². The molecule has 1 heterocycles. The molecule has 1 aromatic carbocycles. The van der Waals surface area contributed by atoms with Gasteiger partial charge in [-0.1, -0.05) is 0 Å². The maximum Gasteiger partial charge on any atom is 0.348 e. The fraction of sp³-hybridized carbons (Fsp3) is 0.333. The summed E-state index contributed by atoms with van der Waals surface area (Å²) in [7, 11) is 2.98. The summed E-state index contributed by atoms with van der Waals surface area (Å²) in [6.07, 6.45) is 1.14. The molecule has 0 spiro atoms. The summed E-state index contributed by atoms with van der Waals surface area (Å²) < 4.78 is 20.7. The number of methoxy groups -OCH3 is 2. The molecule has 174 valence electrons. The van der Waals surface area contributed by atoms with Gasteiger partial charge in [0.05, 0.1) is 38.6 Å². The van der Waals surface area contributed by atoms with Crippen LogP contribution in [-0.4, -0.2) is 45.2 Å². The molecule has 0 bridgehead atoms. The van der Waals surface area contributed by atoms with Crippen molar-refractivity contribution in [2.75, 3.05) is 27.4 Å². The van der Waals surface area contributed by atoms with E-state index in [4.69, 9.17) is 18.9 Å². The van der Waals surface area contributed by atoms with E-state index in [1.807, 2.05) is 6.07 Å². The number of hydrogen-bond acceptors (Lipinski definition) is 9. The van der Waals surface area contributed by atoms with Crippen molar-refractivity contribution in [2.45, 2.75) is 27.2 Å². The van der Waals surface area contributed by atoms with Crippen LogP contribution >= 0.6 is 11.3 Å². The number of hydrogen-bond donors (Lipinski definition) is 0. The fourth-order valence-corrected chi connectivity index (χ4v) is 4.27. The number of ketones is 1. The molecule has 0 fully saturated rings.